The van der Waals surface area contributed by atoms with E-state index < -0.39 is 38.0 Å². The minimum absolute atomic E-state index is 0. The molecular formula is C7H5NNa2O6S. The molecule has 10 heteroatoms. The van der Waals surface area contributed by atoms with Gasteiger partial charge in [0.25, 0.3) is 10.1 Å². The molecule has 0 radical (unpaired) electrons. The van der Waals surface area contributed by atoms with Crippen LogP contribution in [0.1, 0.15) is 10.4 Å². The van der Waals surface area contributed by atoms with Gasteiger partial charge < -0.3 is 20.7 Å². The summed E-state index contributed by atoms with van der Waals surface area (Å²) in [6.45, 7) is 0. The van der Waals surface area contributed by atoms with Crippen molar-refractivity contribution in [1.29, 1.82) is 0 Å². The third-order valence-electron chi connectivity index (χ3n) is 1.61. The quantitative estimate of drug-likeness (QED) is 0.310. The van der Waals surface area contributed by atoms with Gasteiger partial charge >= 0.3 is 59.1 Å². The second-order valence-corrected chi connectivity index (χ2v) is 4.07. The zero-order chi connectivity index (χ0) is 11.8. The number of nitrogens with two attached hydrogens (primary N) is 1. The van der Waals surface area contributed by atoms with Crippen molar-refractivity contribution in [2.24, 2.45) is 0 Å². The smallest absolute Gasteiger partial charge is 0.872 e. The second kappa shape index (κ2) is 6.95. The number of carbonyl (C=O) groups excluding carboxylic acids is 1. The number of carbonyl (C=O) groups is 1. The summed E-state index contributed by atoms with van der Waals surface area (Å²) in [5, 5.41) is 21.5. The average Bonchev–Trinajstić information content (AvgIpc) is 1.99. The van der Waals surface area contributed by atoms with Crippen LogP contribution in [0.3, 0.4) is 0 Å². The molecule has 0 saturated carbocycles. The summed E-state index contributed by atoms with van der Waals surface area (Å²) in [6, 6.07) is 1.12. The maximum absolute atomic E-state index is 11.1. The Morgan fingerprint density at radius 3 is 2.06 bits per heavy atom. The number of benzene rings is 1. The van der Waals surface area contributed by atoms with Gasteiger partial charge in [-0.05, 0) is 12.1 Å². The number of rotatable bonds is 2. The van der Waals surface area contributed by atoms with E-state index in [4.69, 9.17) is 10.3 Å². The molecule has 0 unspecified atom stereocenters. The van der Waals surface area contributed by atoms with Crippen LogP contribution in [0.25, 0.3) is 0 Å². The molecule has 1 rings (SSSR count). The molecule has 0 saturated heterocycles. The summed E-state index contributed by atoms with van der Waals surface area (Å²) in [5.41, 5.74) is 3.72. The fourth-order valence-electron chi connectivity index (χ4n) is 0.978. The van der Waals surface area contributed by atoms with Crippen LogP contribution >= 0.6 is 0 Å². The Morgan fingerprint density at radius 2 is 1.76 bits per heavy atom. The van der Waals surface area contributed by atoms with Crippen LogP contribution < -0.4 is 75.1 Å². The zero-order valence-electron chi connectivity index (χ0n) is 9.13. The first kappa shape index (κ1) is 19.5. The van der Waals surface area contributed by atoms with E-state index in [1.165, 1.54) is 0 Å². The van der Waals surface area contributed by atoms with Gasteiger partial charge in [0, 0.05) is 11.3 Å². The van der Waals surface area contributed by atoms with Gasteiger partial charge in [0.05, 0.1) is 10.9 Å². The molecule has 0 aliphatic rings. The first-order chi connectivity index (χ1) is 6.73. The van der Waals surface area contributed by atoms with Crippen LogP contribution in [-0.2, 0) is 10.1 Å². The summed E-state index contributed by atoms with van der Waals surface area (Å²) >= 11 is 0. The fourth-order valence-corrected chi connectivity index (χ4v) is 1.51. The minimum atomic E-state index is -4.58. The maximum atomic E-state index is 11.1. The van der Waals surface area contributed by atoms with Crippen LogP contribution in [0.2, 0.25) is 0 Å². The average molecular weight is 277 g/mol. The van der Waals surface area contributed by atoms with E-state index in [0.29, 0.717) is 12.1 Å². The van der Waals surface area contributed by atoms with Crippen molar-refractivity contribution in [3.8, 4) is 5.75 Å². The topological polar surface area (TPSA) is 144 Å². The number of nitrogen functional groups attached to an aromatic ring is 1. The molecule has 0 amide bonds. The van der Waals surface area contributed by atoms with E-state index >= 15 is 0 Å². The molecule has 1 aromatic carbocycles. The standard InChI is InChI=1S/C7H7NO6S.2Na/c8-4-1-3(15(12,13)14)2-5(9)6(4)7(10)11;;/h1-2,9H,8H2,(H,10,11)(H,12,13,14);;/q;2*+1/p-2. The summed E-state index contributed by atoms with van der Waals surface area (Å²) in [7, 11) is -4.58. The molecular weight excluding hydrogens is 272 g/mol. The summed E-state index contributed by atoms with van der Waals surface area (Å²) in [5.74, 6) is -2.94. The van der Waals surface area contributed by atoms with Gasteiger partial charge in [-0.15, -0.1) is 0 Å². The Kier molecular flexibility index (Phi) is 7.99. The largest absolute Gasteiger partial charge is 1.00 e. The van der Waals surface area contributed by atoms with Crippen LogP contribution in [0.5, 0.6) is 5.75 Å². The normalized spacial score (nSPS) is 9.94. The molecule has 0 aliphatic heterocycles. The third kappa shape index (κ3) is 4.76. The van der Waals surface area contributed by atoms with Crippen molar-refractivity contribution < 1.29 is 87.1 Å². The third-order valence-corrected chi connectivity index (χ3v) is 2.44. The van der Waals surface area contributed by atoms with Crippen molar-refractivity contribution >= 4 is 21.8 Å². The van der Waals surface area contributed by atoms with E-state index in [2.05, 4.69) is 0 Å². The molecule has 3 N–H and O–H groups in total. The Bertz CT molecular complexity index is 506. The Morgan fingerprint density at radius 1 is 1.29 bits per heavy atom. The number of hydrogen-bond acceptors (Lipinski definition) is 6. The molecule has 82 valence electrons. The van der Waals surface area contributed by atoms with Gasteiger partial charge in [0.2, 0.25) is 0 Å². The molecule has 0 spiro atoms. The van der Waals surface area contributed by atoms with Gasteiger partial charge in [0.15, 0.2) is 0 Å². The van der Waals surface area contributed by atoms with Crippen LogP contribution in [0.4, 0.5) is 5.69 Å². The first-order valence-electron chi connectivity index (χ1n) is 3.53. The number of carboxylic acid groups (broad SMARTS) is 1. The minimum Gasteiger partial charge on any atom is -0.872 e. The van der Waals surface area contributed by atoms with Crippen LogP contribution in [-0.4, -0.2) is 18.9 Å². The van der Waals surface area contributed by atoms with Crippen molar-refractivity contribution in [3.63, 3.8) is 0 Å². The van der Waals surface area contributed by atoms with E-state index in [0.717, 1.165) is 0 Å². The van der Waals surface area contributed by atoms with Gasteiger partial charge in [-0.2, -0.15) is 8.42 Å². The molecule has 0 aliphatic carbocycles. The van der Waals surface area contributed by atoms with E-state index in [1.54, 1.807) is 0 Å². The molecule has 0 heterocycles. The molecule has 0 bridgehead atoms. The molecule has 7 nitrogen and oxygen atoms in total. The molecule has 17 heavy (non-hydrogen) atoms. The number of hydrogen-bond donors (Lipinski definition) is 2. The summed E-state index contributed by atoms with van der Waals surface area (Å²) < 4.78 is 29.8. The number of anilines is 1. The molecule has 0 atom stereocenters. The zero-order valence-corrected chi connectivity index (χ0v) is 13.9. The number of carboxylic acids is 1. The van der Waals surface area contributed by atoms with E-state index in [1.807, 2.05) is 0 Å². The van der Waals surface area contributed by atoms with Crippen molar-refractivity contribution in [2.45, 2.75) is 4.90 Å². The molecule has 0 aromatic heterocycles. The van der Waals surface area contributed by atoms with Crippen LogP contribution in [0, 0.1) is 0 Å². The van der Waals surface area contributed by atoms with Gasteiger partial charge in [-0.1, -0.05) is 5.75 Å². The van der Waals surface area contributed by atoms with E-state index in [-0.39, 0.29) is 59.1 Å². The predicted molar refractivity (Wildman–Crippen MR) is 44.4 cm³/mol. The SMILES string of the molecule is Nc1cc(S(=O)(=O)O)cc([O-])c1C(=O)[O-].[Na+].[Na+]. The van der Waals surface area contributed by atoms with Crippen molar-refractivity contribution in [1.82, 2.24) is 0 Å². The van der Waals surface area contributed by atoms with Crippen LogP contribution in [0.15, 0.2) is 17.0 Å². The Labute approximate surface area is 141 Å². The molecule has 0 fully saturated rings. The van der Waals surface area contributed by atoms with Gasteiger partial charge in [-0.3, -0.25) is 4.55 Å². The van der Waals surface area contributed by atoms with Crippen molar-refractivity contribution in [2.75, 3.05) is 5.73 Å². The maximum Gasteiger partial charge on any atom is 1.00 e. The van der Waals surface area contributed by atoms with E-state index in [9.17, 15) is 23.4 Å². The predicted octanol–water partition coefficient (Wildman–Crippen LogP) is -8.04. The van der Waals surface area contributed by atoms with Gasteiger partial charge in [-0.25, -0.2) is 0 Å². The number of aromatic carboxylic acids is 1. The molecule has 1 aromatic rings. The summed E-state index contributed by atoms with van der Waals surface area (Å²) in [4.78, 5) is 9.65. The Hall–Kier alpha value is 0.200. The van der Waals surface area contributed by atoms with Gasteiger partial charge in [0.1, 0.15) is 0 Å². The summed E-state index contributed by atoms with van der Waals surface area (Å²) in [6.07, 6.45) is 0. The van der Waals surface area contributed by atoms with Crippen molar-refractivity contribution in [3.05, 3.63) is 17.7 Å². The fraction of sp³-hybridized carbons (Fsp3) is 0. The first-order valence-corrected chi connectivity index (χ1v) is 4.97. The second-order valence-electron chi connectivity index (χ2n) is 2.65. The monoisotopic (exact) mass is 277 g/mol. The Balaban J connectivity index is 0.